The number of hydrogen-bond acceptors (Lipinski definition) is 2. The first-order chi connectivity index (χ1) is 9.15. The summed E-state index contributed by atoms with van der Waals surface area (Å²) in [6, 6.07) is 10.6. The lowest BCUT2D eigenvalue weighted by atomic mass is 9.80. The number of benzene rings is 1. The summed E-state index contributed by atoms with van der Waals surface area (Å²) in [5.74, 6) is 0.513. The Morgan fingerprint density at radius 1 is 1.21 bits per heavy atom. The molecule has 1 aromatic heterocycles. The van der Waals surface area contributed by atoms with Gasteiger partial charge in [0.2, 0.25) is 0 Å². The molecule has 1 unspecified atom stereocenters. The third-order valence-electron chi connectivity index (χ3n) is 4.02. The number of hydrogen-bond donors (Lipinski definition) is 0. The van der Waals surface area contributed by atoms with Crippen LogP contribution >= 0.6 is 11.3 Å². The SMILES string of the molecule is Cc1cc(C(=O)C2CCc3ccccc3C2)c(C)s1. The van der Waals surface area contributed by atoms with Crippen molar-refractivity contribution in [1.29, 1.82) is 0 Å². The summed E-state index contributed by atoms with van der Waals surface area (Å²) in [7, 11) is 0. The molecular weight excluding hydrogens is 252 g/mol. The molecule has 2 heteroatoms. The molecule has 0 saturated carbocycles. The van der Waals surface area contributed by atoms with Crippen molar-refractivity contribution in [2.24, 2.45) is 5.92 Å². The van der Waals surface area contributed by atoms with Crippen LogP contribution in [0, 0.1) is 19.8 Å². The second-order valence-corrected chi connectivity index (χ2v) is 6.86. The van der Waals surface area contributed by atoms with Crippen LogP contribution in [0.5, 0.6) is 0 Å². The Morgan fingerprint density at radius 2 is 1.95 bits per heavy atom. The lowest BCUT2D eigenvalue weighted by molar-refractivity contribution is 0.0908. The summed E-state index contributed by atoms with van der Waals surface area (Å²) in [6.07, 6.45) is 2.93. The zero-order chi connectivity index (χ0) is 13.4. The largest absolute Gasteiger partial charge is 0.294 e. The fourth-order valence-corrected chi connectivity index (χ4v) is 3.95. The maximum atomic E-state index is 12.7. The topological polar surface area (TPSA) is 17.1 Å². The Bertz CT molecular complexity index is 624. The van der Waals surface area contributed by atoms with Gasteiger partial charge in [-0.15, -0.1) is 11.3 Å². The molecule has 1 atom stereocenters. The van der Waals surface area contributed by atoms with Gasteiger partial charge in [0.1, 0.15) is 0 Å². The van der Waals surface area contributed by atoms with Gasteiger partial charge in [0.05, 0.1) is 0 Å². The van der Waals surface area contributed by atoms with Gasteiger partial charge in [0.25, 0.3) is 0 Å². The van der Waals surface area contributed by atoms with Crippen molar-refractivity contribution >= 4 is 17.1 Å². The molecule has 1 aromatic carbocycles. The van der Waals surface area contributed by atoms with Crippen molar-refractivity contribution in [3.63, 3.8) is 0 Å². The second-order valence-electron chi connectivity index (χ2n) is 5.40. The minimum Gasteiger partial charge on any atom is -0.294 e. The van der Waals surface area contributed by atoms with Gasteiger partial charge >= 0.3 is 0 Å². The molecule has 1 nitrogen and oxygen atoms in total. The van der Waals surface area contributed by atoms with Crippen LogP contribution in [-0.4, -0.2) is 5.78 Å². The van der Waals surface area contributed by atoms with Crippen molar-refractivity contribution < 1.29 is 4.79 Å². The molecule has 0 aliphatic heterocycles. The van der Waals surface area contributed by atoms with Gasteiger partial charge in [0.15, 0.2) is 5.78 Å². The molecule has 0 amide bonds. The summed E-state index contributed by atoms with van der Waals surface area (Å²) in [5, 5.41) is 0. The second kappa shape index (κ2) is 4.93. The van der Waals surface area contributed by atoms with E-state index in [0.717, 1.165) is 24.8 Å². The third kappa shape index (κ3) is 2.37. The molecule has 1 heterocycles. The molecule has 0 saturated heterocycles. The quantitative estimate of drug-likeness (QED) is 0.741. The average Bonchev–Trinajstić information content (AvgIpc) is 2.76. The predicted molar refractivity (Wildman–Crippen MR) is 80.1 cm³/mol. The molecule has 19 heavy (non-hydrogen) atoms. The van der Waals surface area contributed by atoms with E-state index in [0.29, 0.717) is 5.78 Å². The van der Waals surface area contributed by atoms with E-state index in [1.54, 1.807) is 11.3 Å². The van der Waals surface area contributed by atoms with Crippen LogP contribution < -0.4 is 0 Å². The highest BCUT2D eigenvalue weighted by Gasteiger charge is 2.26. The normalized spacial score (nSPS) is 18.1. The van der Waals surface area contributed by atoms with Gasteiger partial charge in [-0.2, -0.15) is 0 Å². The maximum Gasteiger partial charge on any atom is 0.167 e. The number of carbonyl (C=O) groups excluding carboxylic acids is 1. The fraction of sp³-hybridized carbons (Fsp3) is 0.353. The van der Waals surface area contributed by atoms with Crippen molar-refractivity contribution in [2.75, 3.05) is 0 Å². The number of aryl methyl sites for hydroxylation is 3. The maximum absolute atomic E-state index is 12.7. The molecular formula is C17H18OS. The van der Waals surface area contributed by atoms with Crippen LogP contribution in [-0.2, 0) is 12.8 Å². The van der Waals surface area contributed by atoms with E-state index < -0.39 is 0 Å². The van der Waals surface area contributed by atoms with Crippen LogP contribution in [0.2, 0.25) is 0 Å². The monoisotopic (exact) mass is 270 g/mol. The van der Waals surface area contributed by atoms with E-state index >= 15 is 0 Å². The molecule has 0 fully saturated rings. The van der Waals surface area contributed by atoms with Gasteiger partial charge in [0, 0.05) is 21.2 Å². The smallest absolute Gasteiger partial charge is 0.167 e. The van der Waals surface area contributed by atoms with E-state index in [-0.39, 0.29) is 5.92 Å². The summed E-state index contributed by atoms with van der Waals surface area (Å²) in [6.45, 7) is 4.13. The summed E-state index contributed by atoms with van der Waals surface area (Å²) in [4.78, 5) is 15.1. The Kier molecular flexibility index (Phi) is 3.28. The molecule has 2 aromatic rings. The van der Waals surface area contributed by atoms with E-state index in [9.17, 15) is 4.79 Å². The zero-order valence-electron chi connectivity index (χ0n) is 11.4. The van der Waals surface area contributed by atoms with E-state index in [1.807, 2.05) is 0 Å². The lowest BCUT2D eigenvalue weighted by Crippen LogP contribution is -2.22. The molecule has 3 rings (SSSR count). The van der Waals surface area contributed by atoms with Crippen molar-refractivity contribution in [1.82, 2.24) is 0 Å². The average molecular weight is 270 g/mol. The molecule has 0 bridgehead atoms. The van der Waals surface area contributed by atoms with Crippen LogP contribution in [0.4, 0.5) is 0 Å². The van der Waals surface area contributed by atoms with E-state index in [1.165, 1.54) is 20.9 Å². The predicted octanol–water partition coefficient (Wildman–Crippen LogP) is 4.35. The molecule has 98 valence electrons. The van der Waals surface area contributed by atoms with Gasteiger partial charge < -0.3 is 0 Å². The van der Waals surface area contributed by atoms with Gasteiger partial charge in [-0.1, -0.05) is 24.3 Å². The Hall–Kier alpha value is -1.41. The van der Waals surface area contributed by atoms with Crippen molar-refractivity contribution in [3.05, 3.63) is 56.8 Å². The van der Waals surface area contributed by atoms with E-state index in [2.05, 4.69) is 44.2 Å². The minimum absolute atomic E-state index is 0.169. The molecule has 0 radical (unpaired) electrons. The number of thiophene rings is 1. The van der Waals surface area contributed by atoms with E-state index in [4.69, 9.17) is 0 Å². The van der Waals surface area contributed by atoms with Crippen molar-refractivity contribution in [2.45, 2.75) is 33.1 Å². The van der Waals surface area contributed by atoms with Gasteiger partial charge in [-0.05, 0) is 50.3 Å². The third-order valence-corrected chi connectivity index (χ3v) is 4.99. The zero-order valence-corrected chi connectivity index (χ0v) is 12.2. The molecule has 0 spiro atoms. The first kappa shape index (κ1) is 12.6. The van der Waals surface area contributed by atoms with Crippen LogP contribution in [0.25, 0.3) is 0 Å². The van der Waals surface area contributed by atoms with Gasteiger partial charge in [-0.25, -0.2) is 0 Å². The highest BCUT2D eigenvalue weighted by molar-refractivity contribution is 7.12. The number of fused-ring (bicyclic) bond motifs is 1. The minimum atomic E-state index is 0.169. The van der Waals surface area contributed by atoms with Crippen LogP contribution in [0.15, 0.2) is 30.3 Å². The van der Waals surface area contributed by atoms with Crippen LogP contribution in [0.1, 0.15) is 37.7 Å². The molecule has 0 N–H and O–H groups in total. The standard InChI is InChI=1S/C17H18OS/c1-11-9-16(12(2)19-11)17(18)15-8-7-13-5-3-4-6-14(13)10-15/h3-6,9,15H,7-8,10H2,1-2H3. The number of rotatable bonds is 2. The van der Waals surface area contributed by atoms with Crippen LogP contribution in [0.3, 0.4) is 0 Å². The van der Waals surface area contributed by atoms with Crippen molar-refractivity contribution in [3.8, 4) is 0 Å². The number of carbonyl (C=O) groups is 1. The first-order valence-electron chi connectivity index (χ1n) is 6.83. The summed E-state index contributed by atoms with van der Waals surface area (Å²) in [5.41, 5.74) is 3.73. The summed E-state index contributed by atoms with van der Waals surface area (Å²) >= 11 is 1.73. The Balaban J connectivity index is 1.85. The number of ketones is 1. The first-order valence-corrected chi connectivity index (χ1v) is 7.65. The lowest BCUT2D eigenvalue weighted by Gasteiger charge is -2.23. The Morgan fingerprint density at radius 3 is 2.63 bits per heavy atom. The highest BCUT2D eigenvalue weighted by Crippen LogP contribution is 2.30. The highest BCUT2D eigenvalue weighted by atomic mass is 32.1. The molecule has 1 aliphatic carbocycles. The summed E-state index contributed by atoms with van der Waals surface area (Å²) < 4.78 is 0. The van der Waals surface area contributed by atoms with Gasteiger partial charge in [-0.3, -0.25) is 4.79 Å². The number of Topliss-reactive ketones (excluding diaryl/α,β-unsaturated/α-hetero) is 1. The fourth-order valence-electron chi connectivity index (χ4n) is 3.02. The Labute approximate surface area is 118 Å². The molecule has 1 aliphatic rings.